The van der Waals surface area contributed by atoms with E-state index in [1.165, 1.54) is 43.4 Å². The molecular weight excluding hydrogens is 254 g/mol. The lowest BCUT2D eigenvalue weighted by Gasteiger charge is -2.05. The zero-order valence-corrected chi connectivity index (χ0v) is 11.4. The Bertz CT molecular complexity index is 1130. The number of hydrogen-bond acceptors (Lipinski definition) is 0. The Kier molecular flexibility index (Phi) is 2.01. The summed E-state index contributed by atoms with van der Waals surface area (Å²) in [5, 5.41) is 7.80. The summed E-state index contributed by atoms with van der Waals surface area (Å²) in [6.07, 6.45) is 0. The lowest BCUT2D eigenvalue weighted by atomic mass is 9.99. The Balaban J connectivity index is 2.14. The van der Waals surface area contributed by atoms with Gasteiger partial charge in [-0.15, -0.1) is 0 Å². The van der Waals surface area contributed by atoms with Gasteiger partial charge in [-0.2, -0.15) is 0 Å². The number of fused-ring (bicyclic) bond motifs is 7. The molecule has 21 heavy (non-hydrogen) atoms. The van der Waals surface area contributed by atoms with Crippen LogP contribution in [0.15, 0.2) is 72.8 Å². The minimum Gasteiger partial charge on any atom is -0.354 e. The molecule has 0 unspecified atom stereocenters. The normalized spacial score (nSPS) is 11.8. The number of hydrogen-bond donors (Lipinski definition) is 1. The highest BCUT2D eigenvalue weighted by atomic mass is 14.7. The summed E-state index contributed by atoms with van der Waals surface area (Å²) in [4.78, 5) is 3.61. The third-order valence-corrected chi connectivity index (χ3v) is 4.39. The molecule has 0 spiro atoms. The van der Waals surface area contributed by atoms with Gasteiger partial charge in [-0.25, -0.2) is 0 Å². The highest BCUT2D eigenvalue weighted by Crippen LogP contribution is 2.35. The van der Waals surface area contributed by atoms with Crippen molar-refractivity contribution in [2.24, 2.45) is 0 Å². The molecule has 1 heterocycles. The Hall–Kier alpha value is -2.80. The van der Waals surface area contributed by atoms with Crippen LogP contribution in [0.2, 0.25) is 0 Å². The molecule has 0 saturated carbocycles. The van der Waals surface area contributed by atoms with Gasteiger partial charge in [0.2, 0.25) is 0 Å². The molecule has 0 saturated heterocycles. The van der Waals surface area contributed by atoms with E-state index in [0.717, 1.165) is 0 Å². The maximum absolute atomic E-state index is 3.61. The number of aromatic amines is 1. The fraction of sp³-hybridized carbons (Fsp3) is 0. The maximum atomic E-state index is 3.61. The first-order chi connectivity index (χ1) is 10.4. The van der Waals surface area contributed by atoms with Crippen LogP contribution in [-0.2, 0) is 0 Å². The molecule has 0 amide bonds. The molecular formula is C20H13N. The summed E-state index contributed by atoms with van der Waals surface area (Å²) < 4.78 is 0. The molecule has 5 aromatic rings. The number of para-hydroxylation sites is 1. The van der Waals surface area contributed by atoms with Gasteiger partial charge in [0.15, 0.2) is 0 Å². The van der Waals surface area contributed by atoms with Crippen molar-refractivity contribution in [1.82, 2.24) is 4.98 Å². The van der Waals surface area contributed by atoms with Gasteiger partial charge >= 0.3 is 0 Å². The standard InChI is InChI=1S/C20H13N/c1-2-6-15-13(5-1)9-10-14-11-12-17-16-7-3-4-8-18(16)21-20(17)19(14)15/h1-12,21H. The quantitative estimate of drug-likeness (QED) is 0.350. The van der Waals surface area contributed by atoms with Crippen molar-refractivity contribution in [1.29, 1.82) is 0 Å². The third-order valence-electron chi connectivity index (χ3n) is 4.39. The van der Waals surface area contributed by atoms with Crippen LogP contribution in [0, 0.1) is 0 Å². The minimum absolute atomic E-state index is 1.20. The Morgan fingerprint density at radius 1 is 0.524 bits per heavy atom. The second-order valence-corrected chi connectivity index (χ2v) is 5.54. The van der Waals surface area contributed by atoms with E-state index in [4.69, 9.17) is 0 Å². The summed E-state index contributed by atoms with van der Waals surface area (Å²) in [7, 11) is 0. The molecule has 5 rings (SSSR count). The van der Waals surface area contributed by atoms with E-state index < -0.39 is 0 Å². The second-order valence-electron chi connectivity index (χ2n) is 5.54. The summed E-state index contributed by atoms with van der Waals surface area (Å²) in [6.45, 7) is 0. The Labute approximate surface area is 121 Å². The van der Waals surface area contributed by atoms with Crippen molar-refractivity contribution < 1.29 is 0 Å². The SMILES string of the molecule is c1ccc2c(c1)ccc1ccc3c4ccccc4[nH]c3c12. The van der Waals surface area contributed by atoms with Crippen LogP contribution >= 0.6 is 0 Å². The van der Waals surface area contributed by atoms with Gasteiger partial charge in [-0.3, -0.25) is 0 Å². The molecule has 4 aromatic carbocycles. The molecule has 0 aliphatic carbocycles. The van der Waals surface area contributed by atoms with Crippen molar-refractivity contribution in [2.75, 3.05) is 0 Å². The molecule has 0 atom stereocenters. The van der Waals surface area contributed by atoms with Gasteiger partial charge in [0.05, 0.1) is 5.52 Å². The van der Waals surface area contributed by atoms with Crippen LogP contribution in [-0.4, -0.2) is 4.98 Å². The van der Waals surface area contributed by atoms with Crippen LogP contribution in [0.4, 0.5) is 0 Å². The fourth-order valence-corrected chi connectivity index (χ4v) is 3.41. The first-order valence-electron chi connectivity index (χ1n) is 7.23. The first-order valence-corrected chi connectivity index (χ1v) is 7.23. The van der Waals surface area contributed by atoms with Crippen molar-refractivity contribution >= 4 is 43.4 Å². The number of rotatable bonds is 0. The fourth-order valence-electron chi connectivity index (χ4n) is 3.41. The van der Waals surface area contributed by atoms with E-state index in [2.05, 4.69) is 77.8 Å². The van der Waals surface area contributed by atoms with Crippen molar-refractivity contribution in [2.45, 2.75) is 0 Å². The molecule has 1 nitrogen and oxygen atoms in total. The molecule has 98 valence electrons. The van der Waals surface area contributed by atoms with Gasteiger partial charge in [0.25, 0.3) is 0 Å². The lowest BCUT2D eigenvalue weighted by molar-refractivity contribution is 1.57. The van der Waals surface area contributed by atoms with Crippen LogP contribution in [0.3, 0.4) is 0 Å². The third kappa shape index (κ3) is 1.40. The van der Waals surface area contributed by atoms with Gasteiger partial charge in [-0.1, -0.05) is 66.7 Å². The highest BCUT2D eigenvalue weighted by Gasteiger charge is 2.09. The zero-order valence-electron chi connectivity index (χ0n) is 11.4. The molecule has 0 fully saturated rings. The second kappa shape index (κ2) is 3.86. The Morgan fingerprint density at radius 3 is 2.19 bits per heavy atom. The maximum Gasteiger partial charge on any atom is 0.0550 e. The molecule has 0 aliphatic rings. The van der Waals surface area contributed by atoms with Gasteiger partial charge in [-0.05, 0) is 22.2 Å². The largest absolute Gasteiger partial charge is 0.354 e. The molecule has 0 radical (unpaired) electrons. The lowest BCUT2D eigenvalue weighted by Crippen LogP contribution is -1.79. The van der Waals surface area contributed by atoms with Crippen molar-refractivity contribution in [3.8, 4) is 0 Å². The van der Waals surface area contributed by atoms with Crippen LogP contribution in [0.25, 0.3) is 43.4 Å². The van der Waals surface area contributed by atoms with Crippen molar-refractivity contribution in [3.63, 3.8) is 0 Å². The van der Waals surface area contributed by atoms with Crippen LogP contribution in [0.1, 0.15) is 0 Å². The van der Waals surface area contributed by atoms with E-state index in [1.807, 2.05) is 0 Å². The number of benzene rings is 4. The molecule has 1 N–H and O–H groups in total. The highest BCUT2D eigenvalue weighted by molar-refractivity contribution is 6.24. The summed E-state index contributed by atoms with van der Waals surface area (Å²) in [5.41, 5.74) is 2.44. The van der Waals surface area contributed by atoms with Crippen LogP contribution in [0.5, 0.6) is 0 Å². The minimum atomic E-state index is 1.20. The molecule has 0 aliphatic heterocycles. The van der Waals surface area contributed by atoms with Gasteiger partial charge in [0.1, 0.15) is 0 Å². The van der Waals surface area contributed by atoms with Crippen molar-refractivity contribution in [3.05, 3.63) is 72.8 Å². The zero-order chi connectivity index (χ0) is 13.8. The van der Waals surface area contributed by atoms with Crippen LogP contribution < -0.4 is 0 Å². The van der Waals surface area contributed by atoms with E-state index >= 15 is 0 Å². The van der Waals surface area contributed by atoms with E-state index in [0.29, 0.717) is 0 Å². The van der Waals surface area contributed by atoms with E-state index in [-0.39, 0.29) is 0 Å². The molecule has 0 bridgehead atoms. The van der Waals surface area contributed by atoms with E-state index in [9.17, 15) is 0 Å². The smallest absolute Gasteiger partial charge is 0.0550 e. The number of H-pyrrole nitrogens is 1. The average Bonchev–Trinajstić information content (AvgIpc) is 2.93. The Morgan fingerprint density at radius 2 is 1.24 bits per heavy atom. The summed E-state index contributed by atoms with van der Waals surface area (Å²) >= 11 is 0. The monoisotopic (exact) mass is 267 g/mol. The average molecular weight is 267 g/mol. The number of aromatic nitrogens is 1. The number of nitrogens with one attached hydrogen (secondary N) is 1. The van der Waals surface area contributed by atoms with E-state index in [1.54, 1.807) is 0 Å². The van der Waals surface area contributed by atoms with Gasteiger partial charge in [0, 0.05) is 21.7 Å². The summed E-state index contributed by atoms with van der Waals surface area (Å²) in [5.74, 6) is 0. The molecule has 1 heteroatoms. The topological polar surface area (TPSA) is 15.8 Å². The summed E-state index contributed by atoms with van der Waals surface area (Å²) in [6, 6.07) is 26.0. The molecule has 1 aromatic heterocycles. The predicted molar refractivity (Wildman–Crippen MR) is 90.8 cm³/mol. The van der Waals surface area contributed by atoms with Gasteiger partial charge < -0.3 is 4.98 Å². The predicted octanol–water partition coefficient (Wildman–Crippen LogP) is 5.63. The first kappa shape index (κ1) is 10.9.